The maximum Gasteiger partial charge on any atom is 0.186 e. The van der Waals surface area contributed by atoms with E-state index in [1.165, 1.54) is 0 Å². The summed E-state index contributed by atoms with van der Waals surface area (Å²) in [6, 6.07) is 0. The molecule has 0 aromatic heterocycles. The molecule has 226 valence electrons. The molecule has 0 aromatic carbocycles. The Labute approximate surface area is 228 Å². The van der Waals surface area contributed by atoms with E-state index in [1.807, 2.05) is 6.92 Å². The first kappa shape index (κ1) is 31.2. The molecule has 0 amide bonds. The number of allylic oxidation sites excluding steroid dienone is 1. The van der Waals surface area contributed by atoms with Gasteiger partial charge in [-0.2, -0.15) is 0 Å². The molecule has 2 saturated heterocycles. The molecular formula is C27H46O12. The molecule has 14 atom stereocenters. The van der Waals surface area contributed by atoms with E-state index < -0.39 is 80.0 Å². The third-order valence-electron chi connectivity index (χ3n) is 9.91. The summed E-state index contributed by atoms with van der Waals surface area (Å²) in [5, 5.41) is 80.5. The van der Waals surface area contributed by atoms with Gasteiger partial charge >= 0.3 is 0 Å². The molecule has 2 aliphatic carbocycles. The van der Waals surface area contributed by atoms with Crippen molar-refractivity contribution in [2.75, 3.05) is 19.8 Å². The monoisotopic (exact) mass is 562 g/mol. The van der Waals surface area contributed by atoms with Crippen molar-refractivity contribution in [3.8, 4) is 0 Å². The highest BCUT2D eigenvalue weighted by Crippen LogP contribution is 2.60. The lowest BCUT2D eigenvalue weighted by atomic mass is 9.48. The smallest absolute Gasteiger partial charge is 0.186 e. The Morgan fingerprint density at radius 1 is 0.821 bits per heavy atom. The predicted molar refractivity (Wildman–Crippen MR) is 135 cm³/mol. The summed E-state index contributed by atoms with van der Waals surface area (Å²) in [5.74, 6) is 0.0526. The van der Waals surface area contributed by atoms with E-state index in [2.05, 4.69) is 26.8 Å². The molecule has 1 saturated carbocycles. The Morgan fingerprint density at radius 3 is 1.92 bits per heavy atom. The van der Waals surface area contributed by atoms with Gasteiger partial charge in [0.25, 0.3) is 0 Å². The molecule has 12 heteroatoms. The first-order valence-electron chi connectivity index (χ1n) is 13.8. The average Bonchev–Trinajstić information content (AvgIpc) is 2.89. The molecule has 4 rings (SSSR count). The minimum absolute atomic E-state index is 0.0592. The van der Waals surface area contributed by atoms with Crippen molar-refractivity contribution in [3.63, 3.8) is 0 Å². The standard InChI is InChI=1S/C27H46O12/c1-12-5-6-16-26(2,3)17(39-25-23(35)21(33)19(31)15(10-29)38-25)7-8-27(16,4)13(12)11-36-24-22(34)20(32)18(30)14(9-28)37-24/h5,13-25,28-35H,6-11H2,1-4H3/t13-,14-,15+,16+,17+,18-,19+,20+,21-,22-,23+,24-,25-,27-/m0/s1. The summed E-state index contributed by atoms with van der Waals surface area (Å²) in [4.78, 5) is 0. The van der Waals surface area contributed by atoms with Crippen LogP contribution in [0.1, 0.15) is 47.0 Å². The minimum Gasteiger partial charge on any atom is -0.394 e. The van der Waals surface area contributed by atoms with E-state index in [4.69, 9.17) is 18.9 Å². The molecule has 39 heavy (non-hydrogen) atoms. The molecule has 4 aliphatic rings. The van der Waals surface area contributed by atoms with Crippen LogP contribution in [0, 0.1) is 22.7 Å². The summed E-state index contributed by atoms with van der Waals surface area (Å²) in [6.45, 7) is 7.54. The van der Waals surface area contributed by atoms with Crippen LogP contribution in [0.2, 0.25) is 0 Å². The summed E-state index contributed by atoms with van der Waals surface area (Å²) >= 11 is 0. The molecule has 0 unspecified atom stereocenters. The highest BCUT2D eigenvalue weighted by Gasteiger charge is 2.57. The van der Waals surface area contributed by atoms with Gasteiger partial charge in [-0.15, -0.1) is 0 Å². The van der Waals surface area contributed by atoms with Crippen LogP contribution < -0.4 is 0 Å². The van der Waals surface area contributed by atoms with Gasteiger partial charge in [-0.05, 0) is 42.9 Å². The van der Waals surface area contributed by atoms with E-state index in [9.17, 15) is 40.9 Å². The van der Waals surface area contributed by atoms with Crippen molar-refractivity contribution < 1.29 is 59.8 Å². The molecule has 8 N–H and O–H groups in total. The maximum atomic E-state index is 10.5. The van der Waals surface area contributed by atoms with Gasteiger partial charge in [-0.3, -0.25) is 0 Å². The molecule has 3 fully saturated rings. The van der Waals surface area contributed by atoms with Crippen molar-refractivity contribution in [2.45, 2.75) is 114 Å². The summed E-state index contributed by atoms with van der Waals surface area (Å²) in [6.07, 6.45) is -9.47. The van der Waals surface area contributed by atoms with Gasteiger partial charge < -0.3 is 59.8 Å². The van der Waals surface area contributed by atoms with Gasteiger partial charge in [0.2, 0.25) is 0 Å². The zero-order valence-electron chi connectivity index (χ0n) is 23.0. The Bertz CT molecular complexity index is 864. The second-order valence-electron chi connectivity index (χ2n) is 12.5. The van der Waals surface area contributed by atoms with Gasteiger partial charge in [0.1, 0.15) is 48.8 Å². The zero-order chi connectivity index (χ0) is 28.9. The van der Waals surface area contributed by atoms with Gasteiger partial charge in [0.05, 0.1) is 25.9 Å². The fourth-order valence-electron chi connectivity index (χ4n) is 7.32. The highest BCUT2D eigenvalue weighted by molar-refractivity contribution is 5.19. The number of hydrogen-bond donors (Lipinski definition) is 8. The first-order chi connectivity index (χ1) is 18.3. The Hall–Kier alpha value is -0.740. The third-order valence-corrected chi connectivity index (χ3v) is 9.91. The maximum absolute atomic E-state index is 10.5. The van der Waals surface area contributed by atoms with Crippen LogP contribution in [0.25, 0.3) is 0 Å². The van der Waals surface area contributed by atoms with E-state index in [0.717, 1.165) is 18.4 Å². The second kappa shape index (κ2) is 11.9. The van der Waals surface area contributed by atoms with Crippen molar-refractivity contribution in [2.24, 2.45) is 22.7 Å². The van der Waals surface area contributed by atoms with Gasteiger partial charge in [-0.1, -0.05) is 32.4 Å². The predicted octanol–water partition coefficient (Wildman–Crippen LogP) is -1.60. The van der Waals surface area contributed by atoms with E-state index in [0.29, 0.717) is 6.42 Å². The fraction of sp³-hybridized carbons (Fsp3) is 0.926. The van der Waals surface area contributed by atoms with Gasteiger partial charge in [0, 0.05) is 5.92 Å². The Morgan fingerprint density at radius 2 is 1.36 bits per heavy atom. The third kappa shape index (κ3) is 5.56. The summed E-state index contributed by atoms with van der Waals surface area (Å²) in [7, 11) is 0. The van der Waals surface area contributed by atoms with Crippen molar-refractivity contribution in [3.05, 3.63) is 11.6 Å². The molecule has 0 radical (unpaired) electrons. The number of aliphatic hydroxyl groups excluding tert-OH is 8. The number of ether oxygens (including phenoxy) is 4. The molecule has 2 heterocycles. The molecule has 0 bridgehead atoms. The topological polar surface area (TPSA) is 199 Å². The Balaban J connectivity index is 1.48. The Kier molecular flexibility index (Phi) is 9.49. The second-order valence-corrected chi connectivity index (χ2v) is 12.5. The number of rotatable bonds is 7. The number of fused-ring (bicyclic) bond motifs is 1. The molecule has 0 spiro atoms. The lowest BCUT2D eigenvalue weighted by Gasteiger charge is -2.59. The molecule has 2 aliphatic heterocycles. The summed E-state index contributed by atoms with van der Waals surface area (Å²) in [5.41, 5.74) is 0.471. The van der Waals surface area contributed by atoms with E-state index in [-0.39, 0.29) is 30.0 Å². The normalized spacial score (nSPS) is 50.3. The van der Waals surface area contributed by atoms with Gasteiger partial charge in [0.15, 0.2) is 12.6 Å². The van der Waals surface area contributed by atoms with Crippen LogP contribution in [0.15, 0.2) is 11.6 Å². The quantitative estimate of drug-likeness (QED) is 0.166. The SMILES string of the molecule is CC1=CC[C@@H]2C(C)(C)[C@H](O[C@@H]3O[C@H](CO)[C@@H](O)[C@H](O)[C@H]3O)CC[C@@]2(C)[C@H]1CO[C@H]1O[C@@H](CO)[C@H](O)[C@@H](O)[C@@H]1O. The average molecular weight is 563 g/mol. The van der Waals surface area contributed by atoms with Crippen molar-refractivity contribution in [1.82, 2.24) is 0 Å². The fourth-order valence-corrected chi connectivity index (χ4v) is 7.32. The van der Waals surface area contributed by atoms with Gasteiger partial charge in [-0.25, -0.2) is 0 Å². The number of aliphatic hydroxyl groups is 8. The van der Waals surface area contributed by atoms with Crippen LogP contribution >= 0.6 is 0 Å². The van der Waals surface area contributed by atoms with Crippen LogP contribution in [0.3, 0.4) is 0 Å². The molecular weight excluding hydrogens is 516 g/mol. The van der Waals surface area contributed by atoms with Crippen molar-refractivity contribution >= 4 is 0 Å². The lowest BCUT2D eigenvalue weighted by Crippen LogP contribution is -2.62. The highest BCUT2D eigenvalue weighted by atomic mass is 16.7. The molecule has 12 nitrogen and oxygen atoms in total. The van der Waals surface area contributed by atoms with Crippen LogP contribution in [-0.4, -0.2) is 128 Å². The van der Waals surface area contributed by atoms with E-state index >= 15 is 0 Å². The van der Waals surface area contributed by atoms with Crippen LogP contribution in [-0.2, 0) is 18.9 Å². The van der Waals surface area contributed by atoms with Crippen LogP contribution in [0.4, 0.5) is 0 Å². The minimum atomic E-state index is -1.51. The molecule has 0 aromatic rings. The summed E-state index contributed by atoms with van der Waals surface area (Å²) < 4.78 is 23.4. The van der Waals surface area contributed by atoms with Crippen LogP contribution in [0.5, 0.6) is 0 Å². The van der Waals surface area contributed by atoms with Crippen molar-refractivity contribution in [1.29, 1.82) is 0 Å². The zero-order valence-corrected chi connectivity index (χ0v) is 23.0. The van der Waals surface area contributed by atoms with E-state index in [1.54, 1.807) is 0 Å². The number of hydrogen-bond acceptors (Lipinski definition) is 12. The first-order valence-corrected chi connectivity index (χ1v) is 13.8. The largest absolute Gasteiger partial charge is 0.394 e. The lowest BCUT2D eigenvalue weighted by molar-refractivity contribution is -0.328.